The number of nitrogens with zero attached hydrogens (tertiary/aromatic N) is 1. The van der Waals surface area contributed by atoms with Crippen LogP contribution in [-0.4, -0.2) is 56.6 Å². The van der Waals surface area contributed by atoms with Crippen molar-refractivity contribution in [3.63, 3.8) is 0 Å². The summed E-state index contributed by atoms with van der Waals surface area (Å²) >= 11 is 0. The van der Waals surface area contributed by atoms with Crippen LogP contribution in [0, 0.1) is 0 Å². The molecule has 0 spiro atoms. The molecule has 0 aliphatic carbocycles. The lowest BCUT2D eigenvalue weighted by Crippen LogP contribution is -2.34. The highest BCUT2D eigenvalue weighted by atomic mass is 32.2. The van der Waals surface area contributed by atoms with Crippen molar-refractivity contribution >= 4 is 33.4 Å². The van der Waals surface area contributed by atoms with Crippen LogP contribution in [-0.2, 0) is 10.0 Å². The van der Waals surface area contributed by atoms with Crippen LogP contribution in [0.15, 0.2) is 76.2 Å². The standard InChI is InChI=1S/C25H28N4O6S/c1-3-29(4-2)36(33,34)21-13-9-19(10-14-21)24(31)28-20-11-7-18(8-12-20)23(30)26-15-16-27-25(32)22-6-5-17-35-22/h5-14,17H,3-4,15-16H2,1-2H3,(H,26,30)(H,27,32)(H,28,31). The maximum absolute atomic E-state index is 12.6. The third kappa shape index (κ3) is 6.58. The van der Waals surface area contributed by atoms with Crippen LogP contribution in [0.3, 0.4) is 0 Å². The van der Waals surface area contributed by atoms with Crippen molar-refractivity contribution < 1.29 is 27.2 Å². The van der Waals surface area contributed by atoms with Gasteiger partial charge in [0.2, 0.25) is 10.0 Å². The van der Waals surface area contributed by atoms with Crippen LogP contribution < -0.4 is 16.0 Å². The van der Waals surface area contributed by atoms with Crippen molar-refractivity contribution in [1.82, 2.24) is 14.9 Å². The lowest BCUT2D eigenvalue weighted by molar-refractivity contribution is 0.0910. The zero-order valence-electron chi connectivity index (χ0n) is 20.0. The number of nitrogens with one attached hydrogen (secondary N) is 3. The van der Waals surface area contributed by atoms with Gasteiger partial charge in [-0.3, -0.25) is 14.4 Å². The fourth-order valence-corrected chi connectivity index (χ4v) is 4.81. The van der Waals surface area contributed by atoms with Gasteiger partial charge in [0.15, 0.2) is 5.76 Å². The van der Waals surface area contributed by atoms with Crippen molar-refractivity contribution in [2.24, 2.45) is 0 Å². The first kappa shape index (κ1) is 26.6. The highest BCUT2D eigenvalue weighted by molar-refractivity contribution is 7.89. The maximum atomic E-state index is 12.6. The summed E-state index contributed by atoms with van der Waals surface area (Å²) in [6.45, 7) is 4.70. The van der Waals surface area contributed by atoms with E-state index in [1.54, 1.807) is 50.2 Å². The third-order valence-electron chi connectivity index (χ3n) is 5.31. The van der Waals surface area contributed by atoms with Crippen LogP contribution in [0.1, 0.15) is 45.1 Å². The quantitative estimate of drug-likeness (QED) is 0.338. The average molecular weight is 513 g/mol. The number of furan rings is 1. The number of hydrogen-bond acceptors (Lipinski definition) is 6. The summed E-state index contributed by atoms with van der Waals surface area (Å²) in [6.07, 6.45) is 1.40. The first-order valence-corrected chi connectivity index (χ1v) is 12.8. The van der Waals surface area contributed by atoms with Crippen LogP contribution in [0.4, 0.5) is 5.69 Å². The molecule has 0 aliphatic rings. The fraction of sp³-hybridized carbons (Fsp3) is 0.240. The fourth-order valence-electron chi connectivity index (χ4n) is 3.35. The normalized spacial score (nSPS) is 11.2. The maximum Gasteiger partial charge on any atom is 0.287 e. The Morgan fingerprint density at radius 2 is 1.33 bits per heavy atom. The molecule has 11 heteroatoms. The number of amides is 3. The largest absolute Gasteiger partial charge is 0.459 e. The lowest BCUT2D eigenvalue weighted by atomic mass is 10.1. The van der Waals surface area contributed by atoms with E-state index < -0.39 is 15.9 Å². The molecule has 0 aliphatic heterocycles. The first-order valence-electron chi connectivity index (χ1n) is 11.4. The third-order valence-corrected chi connectivity index (χ3v) is 7.37. The van der Waals surface area contributed by atoms with Crippen molar-refractivity contribution in [3.8, 4) is 0 Å². The number of anilines is 1. The highest BCUT2D eigenvalue weighted by Crippen LogP contribution is 2.17. The van der Waals surface area contributed by atoms with Crippen molar-refractivity contribution in [2.75, 3.05) is 31.5 Å². The van der Waals surface area contributed by atoms with Gasteiger partial charge >= 0.3 is 0 Å². The number of rotatable bonds is 11. The molecule has 3 amide bonds. The molecule has 0 unspecified atom stereocenters. The van der Waals surface area contributed by atoms with Gasteiger partial charge in [0.1, 0.15) is 0 Å². The lowest BCUT2D eigenvalue weighted by Gasteiger charge is -2.18. The Morgan fingerprint density at radius 1 is 0.778 bits per heavy atom. The zero-order valence-corrected chi connectivity index (χ0v) is 20.8. The summed E-state index contributed by atoms with van der Waals surface area (Å²) in [5.74, 6) is -0.912. The second-order valence-electron chi connectivity index (χ2n) is 7.63. The Morgan fingerprint density at radius 3 is 1.89 bits per heavy atom. The van der Waals surface area contributed by atoms with Gasteiger partial charge in [0, 0.05) is 43.0 Å². The average Bonchev–Trinajstić information content (AvgIpc) is 3.43. The molecule has 3 aromatic rings. The van der Waals surface area contributed by atoms with E-state index in [1.165, 1.54) is 34.8 Å². The first-order chi connectivity index (χ1) is 17.3. The van der Waals surface area contributed by atoms with Gasteiger partial charge < -0.3 is 20.4 Å². The molecule has 2 aromatic carbocycles. The summed E-state index contributed by atoms with van der Waals surface area (Å²) in [7, 11) is -3.60. The second kappa shape index (κ2) is 12.1. The molecule has 10 nitrogen and oxygen atoms in total. The number of sulfonamides is 1. The van der Waals surface area contributed by atoms with E-state index in [0.29, 0.717) is 29.9 Å². The molecule has 1 aromatic heterocycles. The summed E-state index contributed by atoms with van der Waals surface area (Å²) in [5.41, 5.74) is 1.16. The van der Waals surface area contributed by atoms with Gasteiger partial charge in [0.25, 0.3) is 17.7 Å². The Balaban J connectivity index is 1.50. The van der Waals surface area contributed by atoms with Crippen LogP contribution in [0.2, 0.25) is 0 Å². The zero-order chi connectivity index (χ0) is 26.1. The SMILES string of the molecule is CCN(CC)S(=O)(=O)c1ccc(C(=O)Nc2ccc(C(=O)NCCNC(=O)c3ccco3)cc2)cc1. The van der Waals surface area contributed by atoms with Crippen molar-refractivity contribution in [1.29, 1.82) is 0 Å². The number of hydrogen-bond donors (Lipinski definition) is 3. The molecular weight excluding hydrogens is 484 g/mol. The van der Waals surface area contributed by atoms with Gasteiger partial charge in [-0.25, -0.2) is 8.42 Å². The number of benzene rings is 2. The summed E-state index contributed by atoms with van der Waals surface area (Å²) in [4.78, 5) is 36.8. The van der Waals surface area contributed by atoms with Crippen molar-refractivity contribution in [3.05, 3.63) is 83.8 Å². The monoisotopic (exact) mass is 512 g/mol. The molecule has 0 atom stereocenters. The Labute approximate surface area is 209 Å². The van der Waals surface area contributed by atoms with Crippen LogP contribution in [0.5, 0.6) is 0 Å². The second-order valence-corrected chi connectivity index (χ2v) is 9.57. The molecule has 0 saturated heterocycles. The van der Waals surface area contributed by atoms with Crippen LogP contribution >= 0.6 is 0 Å². The number of carbonyl (C=O) groups excluding carboxylic acids is 3. The predicted molar refractivity (Wildman–Crippen MR) is 134 cm³/mol. The molecule has 190 valence electrons. The summed E-state index contributed by atoms with van der Waals surface area (Å²) in [6, 6.07) is 15.2. The molecule has 0 fully saturated rings. The van der Waals surface area contributed by atoms with E-state index in [-0.39, 0.29) is 35.6 Å². The van der Waals surface area contributed by atoms with E-state index >= 15 is 0 Å². The van der Waals surface area contributed by atoms with E-state index in [4.69, 9.17) is 4.42 Å². The Bertz CT molecular complexity index is 1280. The molecular formula is C25H28N4O6S. The van der Waals surface area contributed by atoms with Gasteiger partial charge in [-0.2, -0.15) is 4.31 Å². The molecule has 0 radical (unpaired) electrons. The Hall–Kier alpha value is -3.96. The predicted octanol–water partition coefficient (Wildman–Crippen LogP) is 2.72. The molecule has 1 heterocycles. The van der Waals surface area contributed by atoms with Gasteiger partial charge in [-0.1, -0.05) is 13.8 Å². The smallest absolute Gasteiger partial charge is 0.287 e. The van der Waals surface area contributed by atoms with Gasteiger partial charge in [0.05, 0.1) is 11.2 Å². The minimum Gasteiger partial charge on any atom is -0.459 e. The molecule has 0 bridgehead atoms. The summed E-state index contributed by atoms with van der Waals surface area (Å²) in [5, 5.41) is 8.04. The topological polar surface area (TPSA) is 138 Å². The molecule has 3 rings (SSSR count). The van der Waals surface area contributed by atoms with Crippen LogP contribution in [0.25, 0.3) is 0 Å². The van der Waals surface area contributed by atoms with E-state index in [9.17, 15) is 22.8 Å². The highest BCUT2D eigenvalue weighted by Gasteiger charge is 2.21. The van der Waals surface area contributed by atoms with Crippen molar-refractivity contribution in [2.45, 2.75) is 18.7 Å². The molecule has 36 heavy (non-hydrogen) atoms. The minimum absolute atomic E-state index is 0.124. The number of carbonyl (C=O) groups is 3. The van der Waals surface area contributed by atoms with Gasteiger partial charge in [-0.15, -0.1) is 0 Å². The van der Waals surface area contributed by atoms with Gasteiger partial charge in [-0.05, 0) is 60.7 Å². The molecule has 0 saturated carbocycles. The molecule has 3 N–H and O–H groups in total. The summed E-state index contributed by atoms with van der Waals surface area (Å²) < 4.78 is 31.5. The van der Waals surface area contributed by atoms with E-state index in [1.807, 2.05) is 0 Å². The Kier molecular flexibility index (Phi) is 8.98. The van der Waals surface area contributed by atoms with E-state index in [0.717, 1.165) is 0 Å². The van der Waals surface area contributed by atoms with E-state index in [2.05, 4.69) is 16.0 Å². The minimum atomic E-state index is -3.60.